The summed E-state index contributed by atoms with van der Waals surface area (Å²) in [6.45, 7) is 7.62. The van der Waals surface area contributed by atoms with Crippen LogP contribution < -0.4 is 0 Å². The SMILES string of the molecule is CCCC(CBr)CN(C)C(C)(C)CO. The lowest BCUT2D eigenvalue weighted by Crippen LogP contribution is -2.46. The van der Waals surface area contributed by atoms with Crippen LogP contribution in [0.15, 0.2) is 0 Å². The van der Waals surface area contributed by atoms with Gasteiger partial charge in [-0.15, -0.1) is 0 Å². The van der Waals surface area contributed by atoms with Gasteiger partial charge in [0.2, 0.25) is 0 Å². The number of aliphatic hydroxyl groups is 1. The lowest BCUT2D eigenvalue weighted by molar-refractivity contribution is 0.0679. The molecule has 1 N–H and O–H groups in total. The highest BCUT2D eigenvalue weighted by Gasteiger charge is 2.24. The normalized spacial score (nSPS) is 14.8. The number of aliphatic hydroxyl groups excluding tert-OH is 1. The van der Waals surface area contributed by atoms with Crippen LogP contribution >= 0.6 is 15.9 Å². The molecule has 0 aliphatic heterocycles. The molecule has 0 aliphatic carbocycles. The maximum atomic E-state index is 9.23. The van der Waals surface area contributed by atoms with E-state index in [0.29, 0.717) is 5.92 Å². The molecule has 0 amide bonds. The number of hydrogen-bond donors (Lipinski definition) is 1. The van der Waals surface area contributed by atoms with Gasteiger partial charge in [0.25, 0.3) is 0 Å². The van der Waals surface area contributed by atoms with Crippen LogP contribution in [0.3, 0.4) is 0 Å². The number of nitrogens with zero attached hydrogens (tertiary/aromatic N) is 1. The zero-order valence-electron chi connectivity index (χ0n) is 9.89. The molecule has 1 atom stereocenters. The van der Waals surface area contributed by atoms with Crippen molar-refractivity contribution in [3.05, 3.63) is 0 Å². The minimum atomic E-state index is -0.103. The molecule has 2 nitrogen and oxygen atoms in total. The van der Waals surface area contributed by atoms with E-state index in [0.717, 1.165) is 11.9 Å². The Bertz CT molecular complexity index is 150. The Kier molecular flexibility index (Phi) is 7.00. The maximum absolute atomic E-state index is 9.23. The predicted molar refractivity (Wildman–Crippen MR) is 66.0 cm³/mol. The fourth-order valence-corrected chi connectivity index (χ4v) is 1.91. The van der Waals surface area contributed by atoms with Gasteiger partial charge in [0.05, 0.1) is 6.61 Å². The lowest BCUT2D eigenvalue weighted by atomic mass is 10.0. The molecule has 0 aromatic carbocycles. The second-order valence-corrected chi connectivity index (χ2v) is 5.31. The molecule has 0 bridgehead atoms. The van der Waals surface area contributed by atoms with E-state index in [1.165, 1.54) is 12.8 Å². The van der Waals surface area contributed by atoms with Crippen LogP contribution in [-0.4, -0.2) is 41.1 Å². The fourth-order valence-electron chi connectivity index (χ4n) is 1.38. The third-order valence-corrected chi connectivity index (χ3v) is 3.78. The van der Waals surface area contributed by atoms with Gasteiger partial charge >= 0.3 is 0 Å². The Morgan fingerprint density at radius 3 is 2.36 bits per heavy atom. The largest absolute Gasteiger partial charge is 0.394 e. The number of likely N-dealkylation sites (N-methyl/N-ethyl adjacent to an activating group) is 1. The van der Waals surface area contributed by atoms with E-state index in [4.69, 9.17) is 0 Å². The monoisotopic (exact) mass is 265 g/mol. The van der Waals surface area contributed by atoms with E-state index >= 15 is 0 Å². The molecule has 3 heteroatoms. The van der Waals surface area contributed by atoms with Crippen molar-refractivity contribution in [2.24, 2.45) is 5.92 Å². The molecule has 86 valence electrons. The van der Waals surface area contributed by atoms with Crippen molar-refractivity contribution in [3.63, 3.8) is 0 Å². The quantitative estimate of drug-likeness (QED) is 0.716. The molecule has 0 aromatic heterocycles. The molecule has 0 saturated carbocycles. The first-order valence-electron chi connectivity index (χ1n) is 5.36. The molecular weight excluding hydrogens is 242 g/mol. The number of rotatable bonds is 7. The number of halogens is 1. The number of alkyl halides is 1. The summed E-state index contributed by atoms with van der Waals surface area (Å²) in [5, 5.41) is 10.3. The van der Waals surface area contributed by atoms with Gasteiger partial charge < -0.3 is 5.11 Å². The van der Waals surface area contributed by atoms with Crippen LogP contribution in [-0.2, 0) is 0 Å². The Hall–Kier alpha value is 0.400. The average molecular weight is 266 g/mol. The van der Waals surface area contributed by atoms with Crippen molar-refractivity contribution < 1.29 is 5.11 Å². The minimum absolute atomic E-state index is 0.103. The van der Waals surface area contributed by atoms with Crippen LogP contribution in [0.25, 0.3) is 0 Å². The molecule has 1 unspecified atom stereocenters. The summed E-state index contributed by atoms with van der Waals surface area (Å²) in [5.74, 6) is 0.691. The second-order valence-electron chi connectivity index (χ2n) is 4.66. The average Bonchev–Trinajstić information content (AvgIpc) is 2.16. The van der Waals surface area contributed by atoms with Crippen molar-refractivity contribution in [1.82, 2.24) is 4.90 Å². The van der Waals surface area contributed by atoms with Crippen LogP contribution in [0.2, 0.25) is 0 Å². The molecule has 0 fully saturated rings. The maximum Gasteiger partial charge on any atom is 0.0609 e. The zero-order valence-corrected chi connectivity index (χ0v) is 11.5. The van der Waals surface area contributed by atoms with Crippen molar-refractivity contribution in [2.45, 2.75) is 39.2 Å². The van der Waals surface area contributed by atoms with E-state index in [-0.39, 0.29) is 12.1 Å². The van der Waals surface area contributed by atoms with Crippen molar-refractivity contribution in [2.75, 3.05) is 25.5 Å². The van der Waals surface area contributed by atoms with Crippen LogP contribution in [0, 0.1) is 5.92 Å². The van der Waals surface area contributed by atoms with Gasteiger partial charge in [-0.3, -0.25) is 4.90 Å². The molecular formula is C11H24BrNO. The predicted octanol–water partition coefficient (Wildman–Crippen LogP) is 2.50. The summed E-state index contributed by atoms with van der Waals surface area (Å²) in [6.07, 6.45) is 2.47. The standard InChI is InChI=1S/C11H24BrNO/c1-5-6-10(7-12)8-13(4)11(2,3)9-14/h10,14H,5-9H2,1-4H3. The van der Waals surface area contributed by atoms with Gasteiger partial charge in [-0.25, -0.2) is 0 Å². The van der Waals surface area contributed by atoms with Crippen LogP contribution in [0.1, 0.15) is 33.6 Å². The molecule has 0 radical (unpaired) electrons. The summed E-state index contributed by atoms with van der Waals surface area (Å²) < 4.78 is 0. The highest BCUT2D eigenvalue weighted by molar-refractivity contribution is 9.09. The summed E-state index contributed by atoms with van der Waals surface area (Å²) in [5.41, 5.74) is -0.103. The molecule has 14 heavy (non-hydrogen) atoms. The van der Waals surface area contributed by atoms with Crippen LogP contribution in [0.5, 0.6) is 0 Å². The van der Waals surface area contributed by atoms with Crippen LogP contribution in [0.4, 0.5) is 0 Å². The highest BCUT2D eigenvalue weighted by atomic mass is 79.9. The molecule has 0 rings (SSSR count). The van der Waals surface area contributed by atoms with E-state index in [2.05, 4.69) is 48.6 Å². The van der Waals surface area contributed by atoms with Gasteiger partial charge in [0, 0.05) is 17.4 Å². The summed E-state index contributed by atoms with van der Waals surface area (Å²) >= 11 is 3.54. The fraction of sp³-hybridized carbons (Fsp3) is 1.00. The lowest BCUT2D eigenvalue weighted by Gasteiger charge is -2.36. The third kappa shape index (κ3) is 4.76. The van der Waals surface area contributed by atoms with Crippen molar-refractivity contribution in [1.29, 1.82) is 0 Å². The van der Waals surface area contributed by atoms with Crippen molar-refractivity contribution in [3.8, 4) is 0 Å². The number of hydrogen-bond acceptors (Lipinski definition) is 2. The first-order chi connectivity index (χ1) is 6.47. The highest BCUT2D eigenvalue weighted by Crippen LogP contribution is 2.17. The second kappa shape index (κ2) is 6.81. The van der Waals surface area contributed by atoms with E-state index in [1.807, 2.05) is 0 Å². The minimum Gasteiger partial charge on any atom is -0.394 e. The van der Waals surface area contributed by atoms with Gasteiger partial charge in [0.1, 0.15) is 0 Å². The van der Waals surface area contributed by atoms with E-state index in [1.54, 1.807) is 0 Å². The smallest absolute Gasteiger partial charge is 0.0609 e. The Morgan fingerprint density at radius 1 is 1.43 bits per heavy atom. The molecule has 0 aliphatic rings. The summed E-state index contributed by atoms with van der Waals surface area (Å²) in [6, 6.07) is 0. The van der Waals surface area contributed by atoms with Gasteiger partial charge in [0.15, 0.2) is 0 Å². The van der Waals surface area contributed by atoms with E-state index in [9.17, 15) is 5.11 Å². The molecule has 0 heterocycles. The van der Waals surface area contributed by atoms with Gasteiger partial charge in [-0.05, 0) is 33.2 Å². The van der Waals surface area contributed by atoms with Gasteiger partial charge in [-0.1, -0.05) is 29.3 Å². The zero-order chi connectivity index (χ0) is 11.2. The third-order valence-electron chi connectivity index (χ3n) is 2.87. The molecule has 0 saturated heterocycles. The summed E-state index contributed by atoms with van der Waals surface area (Å²) in [7, 11) is 2.08. The Labute approximate surface area is 96.8 Å². The topological polar surface area (TPSA) is 23.5 Å². The van der Waals surface area contributed by atoms with E-state index < -0.39 is 0 Å². The van der Waals surface area contributed by atoms with Gasteiger partial charge in [-0.2, -0.15) is 0 Å². The Morgan fingerprint density at radius 2 is 2.00 bits per heavy atom. The first kappa shape index (κ1) is 14.4. The first-order valence-corrected chi connectivity index (χ1v) is 6.48. The Balaban J connectivity index is 4.07. The summed E-state index contributed by atoms with van der Waals surface area (Å²) in [4.78, 5) is 2.24. The molecule has 0 aromatic rings. The van der Waals surface area contributed by atoms with Crippen molar-refractivity contribution >= 4 is 15.9 Å². The molecule has 0 spiro atoms.